The molecule has 1 aromatic carbocycles. The Balaban J connectivity index is 2.60. The predicted molar refractivity (Wildman–Crippen MR) is 61.4 cm³/mol. The summed E-state index contributed by atoms with van der Waals surface area (Å²) in [6, 6.07) is 7.67. The van der Waals surface area contributed by atoms with Crippen LogP contribution in [0.25, 0.3) is 11.4 Å². The molecule has 2 nitrogen and oxygen atoms in total. The maximum Gasteiger partial charge on any atom is 0.142 e. The summed E-state index contributed by atoms with van der Waals surface area (Å²) >= 11 is 9.47. The molecule has 0 saturated carbocycles. The highest BCUT2D eigenvalue weighted by Crippen LogP contribution is 2.27. The van der Waals surface area contributed by atoms with E-state index < -0.39 is 0 Å². The number of hydrogen-bond acceptors (Lipinski definition) is 1. The summed E-state index contributed by atoms with van der Waals surface area (Å²) in [6.45, 7) is 0. The van der Waals surface area contributed by atoms with Gasteiger partial charge in [0, 0.05) is 12.6 Å². The van der Waals surface area contributed by atoms with Crippen molar-refractivity contribution >= 4 is 27.5 Å². The van der Waals surface area contributed by atoms with E-state index in [9.17, 15) is 0 Å². The Kier molecular flexibility index (Phi) is 2.61. The van der Waals surface area contributed by atoms with Crippen LogP contribution < -0.4 is 0 Å². The highest BCUT2D eigenvalue weighted by molar-refractivity contribution is 9.10. The number of nitrogens with zero attached hydrogens (tertiary/aromatic N) is 2. The van der Waals surface area contributed by atoms with Gasteiger partial charge in [-0.25, -0.2) is 4.98 Å². The quantitative estimate of drug-likeness (QED) is 0.776. The molecule has 0 fully saturated rings. The maximum atomic E-state index is 6.07. The van der Waals surface area contributed by atoms with Gasteiger partial charge >= 0.3 is 0 Å². The number of halogens is 2. The van der Waals surface area contributed by atoms with Crippen molar-refractivity contribution in [3.63, 3.8) is 0 Å². The normalized spacial score (nSPS) is 10.5. The molecule has 2 aromatic rings. The molecule has 0 radical (unpaired) electrons. The van der Waals surface area contributed by atoms with Gasteiger partial charge in [0.05, 0.1) is 11.2 Å². The van der Waals surface area contributed by atoms with Crippen LogP contribution in [0.3, 0.4) is 0 Å². The zero-order chi connectivity index (χ0) is 10.1. The van der Waals surface area contributed by atoms with Crippen LogP contribution in [-0.4, -0.2) is 9.55 Å². The monoisotopic (exact) mass is 270 g/mol. The van der Waals surface area contributed by atoms with Gasteiger partial charge in [-0.15, -0.1) is 0 Å². The third-order valence-corrected chi connectivity index (χ3v) is 3.11. The van der Waals surface area contributed by atoms with Crippen LogP contribution in [0.15, 0.2) is 35.1 Å². The largest absolute Gasteiger partial charge is 0.322 e. The lowest BCUT2D eigenvalue weighted by Crippen LogP contribution is -1.93. The van der Waals surface area contributed by atoms with Crippen molar-refractivity contribution in [2.75, 3.05) is 0 Å². The van der Waals surface area contributed by atoms with E-state index in [1.807, 2.05) is 35.9 Å². The molecule has 0 spiro atoms. The van der Waals surface area contributed by atoms with Gasteiger partial charge in [0.1, 0.15) is 10.4 Å². The second-order valence-electron chi connectivity index (χ2n) is 2.94. The van der Waals surface area contributed by atoms with E-state index in [0.29, 0.717) is 5.02 Å². The van der Waals surface area contributed by atoms with Crippen molar-refractivity contribution in [3.05, 3.63) is 40.1 Å². The molecule has 1 heterocycles. The minimum atomic E-state index is 0.716. The molecule has 14 heavy (non-hydrogen) atoms. The first-order chi connectivity index (χ1) is 6.70. The van der Waals surface area contributed by atoms with Crippen LogP contribution in [0.1, 0.15) is 0 Å². The summed E-state index contributed by atoms with van der Waals surface area (Å²) in [4.78, 5) is 4.28. The van der Waals surface area contributed by atoms with Crippen molar-refractivity contribution < 1.29 is 0 Å². The van der Waals surface area contributed by atoms with Gasteiger partial charge in [0.15, 0.2) is 0 Å². The van der Waals surface area contributed by atoms with Crippen LogP contribution >= 0.6 is 27.5 Å². The van der Waals surface area contributed by atoms with Crippen molar-refractivity contribution in [1.29, 1.82) is 0 Å². The van der Waals surface area contributed by atoms with Crippen LogP contribution in [0.4, 0.5) is 0 Å². The summed E-state index contributed by atoms with van der Waals surface area (Å²) in [7, 11) is 1.94. The van der Waals surface area contributed by atoms with E-state index in [1.54, 1.807) is 6.20 Å². The standard InChI is InChI=1S/C10H8BrClN2/c1-14-9(11)6-13-10(14)7-4-2-3-5-8(7)12/h2-6H,1H3. The Hall–Kier alpha value is -0.800. The highest BCUT2D eigenvalue weighted by atomic mass is 79.9. The molecule has 0 aliphatic rings. The first-order valence-electron chi connectivity index (χ1n) is 4.12. The molecule has 0 unspecified atom stereocenters. The van der Waals surface area contributed by atoms with Gasteiger partial charge in [-0.2, -0.15) is 0 Å². The third-order valence-electron chi connectivity index (χ3n) is 2.05. The molecule has 1 aromatic heterocycles. The molecule has 0 saturated heterocycles. The lowest BCUT2D eigenvalue weighted by atomic mass is 10.2. The van der Waals surface area contributed by atoms with Crippen molar-refractivity contribution in [2.45, 2.75) is 0 Å². The summed E-state index contributed by atoms with van der Waals surface area (Å²) in [6.07, 6.45) is 1.76. The first-order valence-corrected chi connectivity index (χ1v) is 5.29. The zero-order valence-corrected chi connectivity index (χ0v) is 9.88. The number of imidazole rings is 1. The van der Waals surface area contributed by atoms with E-state index in [2.05, 4.69) is 20.9 Å². The fourth-order valence-electron chi connectivity index (χ4n) is 1.28. The fourth-order valence-corrected chi connectivity index (χ4v) is 1.77. The fraction of sp³-hybridized carbons (Fsp3) is 0.100. The Labute approximate surface area is 95.7 Å². The Morgan fingerprint density at radius 3 is 2.64 bits per heavy atom. The van der Waals surface area contributed by atoms with E-state index >= 15 is 0 Å². The lowest BCUT2D eigenvalue weighted by Gasteiger charge is -2.04. The lowest BCUT2D eigenvalue weighted by molar-refractivity contribution is 0.902. The van der Waals surface area contributed by atoms with Gasteiger partial charge in [-0.05, 0) is 28.1 Å². The number of aromatic nitrogens is 2. The van der Waals surface area contributed by atoms with E-state index in [-0.39, 0.29) is 0 Å². The molecule has 0 aliphatic heterocycles. The van der Waals surface area contributed by atoms with Gasteiger partial charge in [0.2, 0.25) is 0 Å². The second kappa shape index (κ2) is 3.75. The molecule has 72 valence electrons. The van der Waals surface area contributed by atoms with Crippen LogP contribution in [0, 0.1) is 0 Å². The minimum absolute atomic E-state index is 0.716. The van der Waals surface area contributed by atoms with E-state index in [4.69, 9.17) is 11.6 Å². The topological polar surface area (TPSA) is 17.8 Å². The molecule has 0 aliphatic carbocycles. The van der Waals surface area contributed by atoms with Crippen molar-refractivity contribution in [1.82, 2.24) is 9.55 Å². The molecule has 2 rings (SSSR count). The number of rotatable bonds is 1. The van der Waals surface area contributed by atoms with Gasteiger partial charge in [-0.1, -0.05) is 23.7 Å². The van der Waals surface area contributed by atoms with Crippen LogP contribution in [0.5, 0.6) is 0 Å². The average Bonchev–Trinajstić information content (AvgIpc) is 2.49. The number of hydrogen-bond donors (Lipinski definition) is 0. The molecular formula is C10H8BrClN2. The van der Waals surface area contributed by atoms with Gasteiger partial charge in [0.25, 0.3) is 0 Å². The molecule has 0 bridgehead atoms. The number of benzene rings is 1. The summed E-state index contributed by atoms with van der Waals surface area (Å²) < 4.78 is 2.88. The van der Waals surface area contributed by atoms with Crippen LogP contribution in [0.2, 0.25) is 5.02 Å². The SMILES string of the molecule is Cn1c(Br)cnc1-c1ccccc1Cl. The maximum absolute atomic E-state index is 6.07. The minimum Gasteiger partial charge on any atom is -0.322 e. The summed E-state index contributed by atoms with van der Waals surface area (Å²) in [5.74, 6) is 0.863. The smallest absolute Gasteiger partial charge is 0.142 e. The molecular weight excluding hydrogens is 263 g/mol. The first kappa shape index (κ1) is 9.74. The predicted octanol–water partition coefficient (Wildman–Crippen LogP) is 3.50. The zero-order valence-electron chi connectivity index (χ0n) is 7.54. The van der Waals surface area contributed by atoms with Gasteiger partial charge < -0.3 is 4.57 Å². The molecule has 0 amide bonds. The van der Waals surface area contributed by atoms with E-state index in [0.717, 1.165) is 16.0 Å². The van der Waals surface area contributed by atoms with Gasteiger partial charge in [-0.3, -0.25) is 0 Å². The molecule has 0 N–H and O–H groups in total. The van der Waals surface area contributed by atoms with E-state index in [1.165, 1.54) is 0 Å². The molecule has 0 atom stereocenters. The summed E-state index contributed by atoms with van der Waals surface area (Å²) in [5.41, 5.74) is 0.947. The second-order valence-corrected chi connectivity index (χ2v) is 4.16. The Morgan fingerprint density at radius 1 is 1.36 bits per heavy atom. The average molecular weight is 272 g/mol. The van der Waals surface area contributed by atoms with Crippen molar-refractivity contribution in [3.8, 4) is 11.4 Å². The highest BCUT2D eigenvalue weighted by Gasteiger charge is 2.09. The van der Waals surface area contributed by atoms with Crippen LogP contribution in [-0.2, 0) is 7.05 Å². The third kappa shape index (κ3) is 1.57. The Morgan fingerprint density at radius 2 is 2.07 bits per heavy atom. The Bertz CT molecular complexity index is 465. The van der Waals surface area contributed by atoms with Crippen molar-refractivity contribution in [2.24, 2.45) is 7.05 Å². The summed E-state index contributed by atoms with van der Waals surface area (Å²) in [5, 5.41) is 0.716. The molecule has 4 heteroatoms.